The summed E-state index contributed by atoms with van der Waals surface area (Å²) in [7, 11) is 0. The molecule has 0 saturated carbocycles. The maximum absolute atomic E-state index is 13.1. The lowest BCUT2D eigenvalue weighted by Crippen LogP contribution is -1.95. The molecule has 0 amide bonds. The lowest BCUT2D eigenvalue weighted by Gasteiger charge is -1.98. The van der Waals surface area contributed by atoms with Gasteiger partial charge in [0.2, 0.25) is 0 Å². The third-order valence-corrected chi connectivity index (χ3v) is 1.77. The number of hydrogen-bond acceptors (Lipinski definition) is 3. The molecule has 2 aromatic rings. The largest absolute Gasteiger partial charge is 0.303 e. The molecule has 66 valence electrons. The topological polar surface area (TPSA) is 47.3 Å². The Hall–Kier alpha value is -1.78. The second-order valence-electron chi connectivity index (χ2n) is 2.61. The molecular weight excluding hydrogens is 173 g/mol. The number of pyridine rings is 1. The summed E-state index contributed by atoms with van der Waals surface area (Å²) in [6.07, 6.45) is 3.39. The van der Waals surface area contributed by atoms with Crippen molar-refractivity contribution in [1.82, 2.24) is 14.6 Å². The molecule has 0 bridgehead atoms. The minimum absolute atomic E-state index is 0.0647. The second kappa shape index (κ2) is 2.93. The molecule has 0 fully saturated rings. The second-order valence-corrected chi connectivity index (χ2v) is 2.61. The summed E-state index contributed by atoms with van der Waals surface area (Å²) in [5, 5.41) is 7.33. The number of aldehydes is 1. The smallest absolute Gasteiger partial charge is 0.161 e. The highest BCUT2D eigenvalue weighted by Gasteiger charge is 2.04. The van der Waals surface area contributed by atoms with E-state index in [0.717, 1.165) is 0 Å². The van der Waals surface area contributed by atoms with Crippen LogP contribution >= 0.6 is 0 Å². The van der Waals surface area contributed by atoms with Crippen molar-refractivity contribution < 1.29 is 9.18 Å². The molecule has 2 heterocycles. The lowest BCUT2D eigenvalue weighted by molar-refractivity contribution is -0.107. The number of rotatable bonds is 2. The fourth-order valence-corrected chi connectivity index (χ4v) is 1.13. The molecule has 0 saturated heterocycles. The van der Waals surface area contributed by atoms with Gasteiger partial charge in [-0.2, -0.15) is 0 Å². The van der Waals surface area contributed by atoms with E-state index in [0.29, 0.717) is 17.5 Å². The van der Waals surface area contributed by atoms with E-state index in [1.165, 1.54) is 23.0 Å². The van der Waals surface area contributed by atoms with Gasteiger partial charge in [0.15, 0.2) is 5.65 Å². The summed E-state index contributed by atoms with van der Waals surface area (Å²) in [5.41, 5.74) is 0.883. The summed E-state index contributed by atoms with van der Waals surface area (Å²) in [6.45, 7) is 0. The number of fused-ring (bicyclic) bond motifs is 1. The Kier molecular flexibility index (Phi) is 1.77. The molecule has 0 radical (unpaired) electrons. The zero-order valence-corrected chi connectivity index (χ0v) is 6.64. The number of carbonyl (C=O) groups excluding carboxylic acids is 1. The number of nitrogens with zero attached hydrogens (tertiary/aromatic N) is 3. The van der Waals surface area contributed by atoms with Crippen LogP contribution in [0.3, 0.4) is 0 Å². The SMILES string of the molecule is O=CCc1cc2nncn2cc1F. The van der Waals surface area contributed by atoms with Crippen LogP contribution in [0, 0.1) is 5.82 Å². The first kappa shape index (κ1) is 7.85. The van der Waals surface area contributed by atoms with Gasteiger partial charge < -0.3 is 4.79 Å². The van der Waals surface area contributed by atoms with Crippen molar-refractivity contribution in [3.8, 4) is 0 Å². The Bertz CT molecular complexity index is 452. The summed E-state index contributed by atoms with van der Waals surface area (Å²) >= 11 is 0. The molecule has 0 aromatic carbocycles. The number of carbonyl (C=O) groups is 1. The first-order valence-electron chi connectivity index (χ1n) is 3.72. The van der Waals surface area contributed by atoms with Crippen LogP contribution in [0.4, 0.5) is 4.39 Å². The molecule has 2 rings (SSSR count). The summed E-state index contributed by atoms with van der Waals surface area (Å²) in [4.78, 5) is 10.2. The maximum Gasteiger partial charge on any atom is 0.161 e. The molecule has 0 N–H and O–H groups in total. The van der Waals surface area contributed by atoms with Gasteiger partial charge in [-0.25, -0.2) is 4.39 Å². The zero-order valence-electron chi connectivity index (χ0n) is 6.64. The van der Waals surface area contributed by atoms with E-state index in [-0.39, 0.29) is 6.42 Å². The molecule has 0 unspecified atom stereocenters. The monoisotopic (exact) mass is 179 g/mol. The van der Waals surface area contributed by atoms with Crippen LogP contribution < -0.4 is 0 Å². The highest BCUT2D eigenvalue weighted by atomic mass is 19.1. The van der Waals surface area contributed by atoms with Crippen molar-refractivity contribution in [3.63, 3.8) is 0 Å². The van der Waals surface area contributed by atoms with Crippen LogP contribution in [-0.4, -0.2) is 20.9 Å². The normalized spacial score (nSPS) is 10.5. The fraction of sp³-hybridized carbons (Fsp3) is 0.125. The van der Waals surface area contributed by atoms with Gasteiger partial charge in [0.1, 0.15) is 18.4 Å². The van der Waals surface area contributed by atoms with Gasteiger partial charge in [-0.05, 0) is 6.07 Å². The minimum Gasteiger partial charge on any atom is -0.303 e. The highest BCUT2D eigenvalue weighted by Crippen LogP contribution is 2.09. The van der Waals surface area contributed by atoms with Crippen molar-refractivity contribution in [1.29, 1.82) is 0 Å². The van der Waals surface area contributed by atoms with Gasteiger partial charge in [0, 0.05) is 18.2 Å². The van der Waals surface area contributed by atoms with E-state index < -0.39 is 5.82 Å². The predicted molar refractivity (Wildman–Crippen MR) is 42.7 cm³/mol. The van der Waals surface area contributed by atoms with Crippen molar-refractivity contribution in [2.45, 2.75) is 6.42 Å². The summed E-state index contributed by atoms with van der Waals surface area (Å²) < 4.78 is 14.6. The van der Waals surface area contributed by atoms with Gasteiger partial charge in [-0.1, -0.05) is 0 Å². The molecule has 13 heavy (non-hydrogen) atoms. The lowest BCUT2D eigenvalue weighted by atomic mass is 10.2. The third-order valence-electron chi connectivity index (χ3n) is 1.77. The van der Waals surface area contributed by atoms with Crippen LogP contribution in [0.1, 0.15) is 5.56 Å². The van der Waals surface area contributed by atoms with E-state index in [1.54, 1.807) is 0 Å². The molecule has 2 aromatic heterocycles. The fourth-order valence-electron chi connectivity index (χ4n) is 1.13. The Morgan fingerprint density at radius 3 is 3.23 bits per heavy atom. The average molecular weight is 179 g/mol. The van der Waals surface area contributed by atoms with Crippen LogP contribution in [-0.2, 0) is 11.2 Å². The Labute approximate surface area is 73.0 Å². The summed E-state index contributed by atoms with van der Waals surface area (Å²) in [6, 6.07) is 1.51. The van der Waals surface area contributed by atoms with Crippen LogP contribution in [0.25, 0.3) is 5.65 Å². The molecule has 4 nitrogen and oxygen atoms in total. The third kappa shape index (κ3) is 1.28. The number of aromatic nitrogens is 3. The van der Waals surface area contributed by atoms with Crippen molar-refractivity contribution >= 4 is 11.9 Å². The Balaban J connectivity index is 2.62. The van der Waals surface area contributed by atoms with Crippen LogP contribution in [0.15, 0.2) is 18.6 Å². The predicted octanol–water partition coefficient (Wildman–Crippen LogP) is 0.610. The Morgan fingerprint density at radius 1 is 1.62 bits per heavy atom. The number of halogens is 1. The molecule has 0 aliphatic heterocycles. The van der Waals surface area contributed by atoms with Gasteiger partial charge >= 0.3 is 0 Å². The van der Waals surface area contributed by atoms with Gasteiger partial charge in [-0.3, -0.25) is 4.40 Å². The highest BCUT2D eigenvalue weighted by molar-refractivity contribution is 5.56. The van der Waals surface area contributed by atoms with Gasteiger partial charge in [0.25, 0.3) is 0 Å². The molecular formula is C8H6FN3O. The first-order chi connectivity index (χ1) is 6.31. The number of hydrogen-bond donors (Lipinski definition) is 0. The van der Waals surface area contributed by atoms with Crippen molar-refractivity contribution in [2.24, 2.45) is 0 Å². The molecule has 0 spiro atoms. The Morgan fingerprint density at radius 2 is 2.46 bits per heavy atom. The maximum atomic E-state index is 13.1. The van der Waals surface area contributed by atoms with E-state index >= 15 is 0 Å². The van der Waals surface area contributed by atoms with Crippen LogP contribution in [0.2, 0.25) is 0 Å². The van der Waals surface area contributed by atoms with E-state index in [4.69, 9.17) is 0 Å². The van der Waals surface area contributed by atoms with E-state index in [2.05, 4.69) is 10.2 Å². The molecule has 5 heteroatoms. The quantitative estimate of drug-likeness (QED) is 0.634. The van der Waals surface area contributed by atoms with E-state index in [9.17, 15) is 9.18 Å². The zero-order chi connectivity index (χ0) is 9.26. The van der Waals surface area contributed by atoms with Crippen molar-refractivity contribution in [2.75, 3.05) is 0 Å². The minimum atomic E-state index is -0.417. The van der Waals surface area contributed by atoms with Crippen molar-refractivity contribution in [3.05, 3.63) is 30.0 Å². The summed E-state index contributed by atoms with van der Waals surface area (Å²) in [5.74, 6) is -0.417. The van der Waals surface area contributed by atoms with Gasteiger partial charge in [-0.15, -0.1) is 10.2 Å². The van der Waals surface area contributed by atoms with Crippen LogP contribution in [0.5, 0.6) is 0 Å². The van der Waals surface area contributed by atoms with Gasteiger partial charge in [0.05, 0.1) is 0 Å². The van der Waals surface area contributed by atoms with E-state index in [1.807, 2.05) is 0 Å². The molecule has 0 atom stereocenters. The standard InChI is InChI=1S/C8H6FN3O/c9-7-4-12-5-10-11-8(12)3-6(7)1-2-13/h2-5H,1H2. The average Bonchev–Trinajstić information content (AvgIpc) is 2.52. The molecule has 0 aliphatic rings. The first-order valence-corrected chi connectivity index (χ1v) is 3.72. The molecule has 0 aliphatic carbocycles.